The second kappa shape index (κ2) is 8.35. The van der Waals surface area contributed by atoms with Crippen LogP contribution in [0.3, 0.4) is 0 Å². The number of imide groups is 1. The average Bonchev–Trinajstić information content (AvgIpc) is 3.05. The van der Waals surface area contributed by atoms with Gasteiger partial charge < -0.3 is 24.8 Å². The van der Waals surface area contributed by atoms with Gasteiger partial charge in [-0.2, -0.15) is 0 Å². The molecule has 11 heteroatoms. The Morgan fingerprint density at radius 3 is 2.59 bits per heavy atom. The van der Waals surface area contributed by atoms with Crippen molar-refractivity contribution in [2.24, 2.45) is 17.8 Å². The summed E-state index contributed by atoms with van der Waals surface area (Å²) >= 11 is 0. The molecule has 8 nitrogen and oxygen atoms in total. The first-order chi connectivity index (χ1) is 16.2. The van der Waals surface area contributed by atoms with Crippen LogP contribution in [-0.2, 0) is 14.2 Å². The molecule has 2 heterocycles. The maximum atomic E-state index is 14.0. The summed E-state index contributed by atoms with van der Waals surface area (Å²) < 4.78 is 19.7. The first-order valence-corrected chi connectivity index (χ1v) is 11.0. The summed E-state index contributed by atoms with van der Waals surface area (Å²) in [6.07, 6.45) is -0.203. The van der Waals surface area contributed by atoms with Crippen LogP contribution in [0.1, 0.15) is 31.4 Å². The first kappa shape index (κ1) is 22.8. The summed E-state index contributed by atoms with van der Waals surface area (Å²) in [4.78, 5) is 28.0. The second-order valence-electron chi connectivity index (χ2n) is 9.08. The summed E-state index contributed by atoms with van der Waals surface area (Å²) in [7, 11) is -3.06. The minimum Gasteiger partial charge on any atom is -0.505 e. The number of benzene rings is 2. The minimum atomic E-state index is -1.75. The van der Waals surface area contributed by atoms with Crippen LogP contribution < -0.4 is 10.4 Å². The van der Waals surface area contributed by atoms with Gasteiger partial charge in [0.25, 0.3) is 0 Å². The van der Waals surface area contributed by atoms with Crippen molar-refractivity contribution in [3.63, 3.8) is 0 Å². The SMILES string of the molecule is CC1=C2B(O)O[C@H](c3ccc(O)c(F)c3)C[C@H]2[C@H]2C(=O)N(c3cccc(B(O)O)c3)C(=O)[C@H]2C1. The molecule has 34 heavy (non-hydrogen) atoms. The van der Waals surface area contributed by atoms with E-state index in [1.807, 2.05) is 0 Å². The molecule has 0 unspecified atom stereocenters. The number of fused-ring (bicyclic) bond motifs is 3. The van der Waals surface area contributed by atoms with Crippen molar-refractivity contribution in [2.75, 3.05) is 4.90 Å². The number of anilines is 1. The number of hydrogen-bond donors (Lipinski definition) is 4. The Kier molecular flexibility index (Phi) is 5.60. The second-order valence-corrected chi connectivity index (χ2v) is 9.08. The molecule has 2 fully saturated rings. The number of amides is 2. The van der Waals surface area contributed by atoms with Gasteiger partial charge >= 0.3 is 14.2 Å². The lowest BCUT2D eigenvalue weighted by atomic mass is 9.55. The zero-order chi connectivity index (χ0) is 24.3. The Morgan fingerprint density at radius 2 is 1.88 bits per heavy atom. The van der Waals surface area contributed by atoms with Crippen LogP contribution in [0.2, 0.25) is 0 Å². The number of aromatic hydroxyl groups is 1. The molecule has 2 aromatic carbocycles. The molecule has 0 saturated carbocycles. The van der Waals surface area contributed by atoms with Gasteiger partial charge in [0, 0.05) is 0 Å². The van der Waals surface area contributed by atoms with Gasteiger partial charge in [0.15, 0.2) is 11.6 Å². The van der Waals surface area contributed by atoms with Crippen molar-refractivity contribution in [1.82, 2.24) is 0 Å². The maximum absolute atomic E-state index is 14.0. The molecule has 2 aliphatic heterocycles. The molecule has 0 aromatic heterocycles. The zero-order valence-electron chi connectivity index (χ0n) is 18.3. The third kappa shape index (κ3) is 3.56. The van der Waals surface area contributed by atoms with Crippen LogP contribution in [-0.4, -0.2) is 46.2 Å². The van der Waals surface area contributed by atoms with Gasteiger partial charge in [0.2, 0.25) is 11.8 Å². The Morgan fingerprint density at radius 1 is 1.12 bits per heavy atom. The van der Waals surface area contributed by atoms with E-state index in [0.717, 1.165) is 16.5 Å². The highest BCUT2D eigenvalue weighted by Gasteiger charge is 2.57. The number of carbonyl (C=O) groups excluding carboxylic acids is 2. The van der Waals surface area contributed by atoms with E-state index in [2.05, 4.69) is 0 Å². The number of nitrogens with zero attached hydrogens (tertiary/aromatic N) is 1. The topological polar surface area (TPSA) is 128 Å². The number of phenols is 1. The van der Waals surface area contributed by atoms with Gasteiger partial charge in [0.05, 0.1) is 23.6 Å². The average molecular weight is 465 g/mol. The van der Waals surface area contributed by atoms with Crippen molar-refractivity contribution in [1.29, 1.82) is 0 Å². The largest absolute Gasteiger partial charge is 0.505 e. The van der Waals surface area contributed by atoms with E-state index in [9.17, 15) is 34.2 Å². The molecule has 174 valence electrons. The lowest BCUT2D eigenvalue weighted by Gasteiger charge is -2.41. The molecule has 0 spiro atoms. The molecule has 2 aromatic rings. The van der Waals surface area contributed by atoms with Crippen LogP contribution in [0.4, 0.5) is 10.1 Å². The Hall–Kier alpha value is -2.98. The fourth-order valence-electron chi connectivity index (χ4n) is 5.57. The molecule has 5 rings (SSSR count). The fourth-order valence-corrected chi connectivity index (χ4v) is 5.57. The molecular weight excluding hydrogens is 443 g/mol. The summed E-state index contributed by atoms with van der Waals surface area (Å²) in [5.74, 6) is -4.01. The normalized spacial score (nSPS) is 26.6. The Labute approximate surface area is 195 Å². The van der Waals surface area contributed by atoms with E-state index < -0.39 is 55.6 Å². The number of halogens is 1. The van der Waals surface area contributed by atoms with Gasteiger partial charge in [-0.1, -0.05) is 23.8 Å². The van der Waals surface area contributed by atoms with Crippen molar-refractivity contribution >= 4 is 37.2 Å². The highest BCUT2D eigenvalue weighted by atomic mass is 19.1. The molecule has 4 N–H and O–H groups in total. The summed E-state index contributed by atoms with van der Waals surface area (Å²) in [5.41, 5.74) is 2.15. The van der Waals surface area contributed by atoms with Crippen LogP contribution in [0, 0.1) is 23.6 Å². The highest BCUT2D eigenvalue weighted by molar-refractivity contribution is 6.58. The predicted molar refractivity (Wildman–Crippen MR) is 121 cm³/mol. The zero-order valence-corrected chi connectivity index (χ0v) is 18.3. The summed E-state index contributed by atoms with van der Waals surface area (Å²) in [5, 5.41) is 39.3. The molecule has 1 aliphatic carbocycles. The van der Waals surface area contributed by atoms with E-state index in [0.29, 0.717) is 17.5 Å². The maximum Gasteiger partial charge on any atom is 0.488 e. The monoisotopic (exact) mass is 465 g/mol. The molecule has 0 radical (unpaired) electrons. The third-order valence-corrected chi connectivity index (χ3v) is 7.13. The van der Waals surface area contributed by atoms with Crippen molar-refractivity contribution in [3.05, 3.63) is 64.9 Å². The Balaban J connectivity index is 1.51. The predicted octanol–water partition coefficient (Wildman–Crippen LogP) is 0.834. The number of hydrogen-bond acceptors (Lipinski definition) is 7. The minimum absolute atomic E-state index is 0.152. The van der Waals surface area contributed by atoms with Gasteiger partial charge in [0.1, 0.15) is 0 Å². The van der Waals surface area contributed by atoms with Crippen LogP contribution in [0.15, 0.2) is 53.5 Å². The summed E-state index contributed by atoms with van der Waals surface area (Å²) in [6, 6.07) is 9.79. The van der Waals surface area contributed by atoms with E-state index in [1.165, 1.54) is 30.3 Å². The van der Waals surface area contributed by atoms with Crippen molar-refractivity contribution in [3.8, 4) is 5.75 Å². The smallest absolute Gasteiger partial charge is 0.488 e. The number of carbonyl (C=O) groups is 2. The molecule has 2 saturated heterocycles. The molecule has 0 bridgehead atoms. The van der Waals surface area contributed by atoms with Crippen molar-refractivity contribution < 1.29 is 38.8 Å². The first-order valence-electron chi connectivity index (χ1n) is 11.0. The molecule has 4 atom stereocenters. The number of rotatable bonds is 3. The van der Waals surface area contributed by atoms with Gasteiger partial charge in [-0.3, -0.25) is 14.5 Å². The standard InChI is InChI=1S/C23H22B2FNO7/c1-11-7-16-20(23(30)27(22(16)29)14-4-2-3-13(9-14)24(31)32)15-10-19(34-25(33)21(11)15)12-5-6-18(28)17(26)8-12/h2-6,8-9,15-16,19-20,28,31-33H,7,10H2,1H3/t15-,16-,19-,20+/m0/s1. The number of allylic oxidation sites excluding steroid dienone is 2. The molecule has 2 amide bonds. The summed E-state index contributed by atoms with van der Waals surface area (Å²) in [6.45, 7) is 1.80. The van der Waals surface area contributed by atoms with Gasteiger partial charge in [-0.05, 0) is 66.4 Å². The quantitative estimate of drug-likeness (QED) is 0.391. The van der Waals surface area contributed by atoms with E-state index in [-0.39, 0.29) is 23.5 Å². The fraction of sp³-hybridized carbons (Fsp3) is 0.304. The van der Waals surface area contributed by atoms with E-state index in [4.69, 9.17) is 4.65 Å². The van der Waals surface area contributed by atoms with Gasteiger partial charge in [-0.25, -0.2) is 4.39 Å². The van der Waals surface area contributed by atoms with E-state index in [1.54, 1.807) is 13.0 Å². The lowest BCUT2D eigenvalue weighted by molar-refractivity contribution is -0.123. The van der Waals surface area contributed by atoms with Crippen LogP contribution >= 0.6 is 0 Å². The van der Waals surface area contributed by atoms with Crippen LogP contribution in [0.5, 0.6) is 5.75 Å². The molecule has 3 aliphatic rings. The number of phenolic OH excluding ortho intramolecular Hbond substituents is 1. The van der Waals surface area contributed by atoms with Crippen molar-refractivity contribution in [2.45, 2.75) is 25.9 Å². The lowest BCUT2D eigenvalue weighted by Crippen LogP contribution is -2.44. The van der Waals surface area contributed by atoms with Crippen LogP contribution in [0.25, 0.3) is 0 Å². The molecular formula is C23H22B2FNO7. The Bertz CT molecular complexity index is 1220. The third-order valence-electron chi connectivity index (χ3n) is 7.13. The van der Waals surface area contributed by atoms with E-state index >= 15 is 0 Å². The van der Waals surface area contributed by atoms with Gasteiger partial charge in [-0.15, -0.1) is 0 Å². The highest BCUT2D eigenvalue weighted by Crippen LogP contribution is 2.51.